The highest BCUT2D eigenvalue weighted by molar-refractivity contribution is 7.91. The Morgan fingerprint density at radius 2 is 1.95 bits per heavy atom. The van der Waals surface area contributed by atoms with Gasteiger partial charge < -0.3 is 14.8 Å². The van der Waals surface area contributed by atoms with Gasteiger partial charge in [0.25, 0.3) is 0 Å². The summed E-state index contributed by atoms with van der Waals surface area (Å²) in [6.07, 6.45) is 0. The van der Waals surface area contributed by atoms with Gasteiger partial charge in [-0.25, -0.2) is 8.42 Å². The minimum absolute atomic E-state index is 0.0505. The van der Waals surface area contributed by atoms with Gasteiger partial charge in [-0.2, -0.15) is 0 Å². The Kier molecular flexibility index (Phi) is 7.58. The molecule has 0 fully saturated rings. The third kappa shape index (κ3) is 6.36. The summed E-state index contributed by atoms with van der Waals surface area (Å²) in [7, 11) is -1.32. The zero-order valence-corrected chi connectivity index (χ0v) is 12.9. The Morgan fingerprint density at radius 1 is 1.20 bits per heavy atom. The number of hydrogen-bond acceptors (Lipinski definition) is 5. The normalized spacial score (nSPS) is 11.5. The molecule has 1 aromatic rings. The van der Waals surface area contributed by atoms with E-state index in [1.165, 1.54) is 0 Å². The predicted molar refractivity (Wildman–Crippen MR) is 79.8 cm³/mol. The third-order valence-corrected chi connectivity index (χ3v) is 4.53. The number of ether oxygens (including phenoxy) is 2. The highest BCUT2D eigenvalue weighted by Crippen LogP contribution is 2.17. The maximum atomic E-state index is 11.4. The van der Waals surface area contributed by atoms with Crippen molar-refractivity contribution in [2.75, 3.05) is 38.4 Å². The Bertz CT molecular complexity index is 488. The van der Waals surface area contributed by atoms with Crippen LogP contribution in [0.15, 0.2) is 24.3 Å². The molecule has 0 heterocycles. The molecule has 20 heavy (non-hydrogen) atoms. The Hall–Kier alpha value is -1.11. The molecule has 0 aromatic heterocycles. The van der Waals surface area contributed by atoms with Crippen LogP contribution < -0.4 is 10.1 Å². The zero-order chi connectivity index (χ0) is 14.8. The second-order valence-corrected chi connectivity index (χ2v) is 6.83. The van der Waals surface area contributed by atoms with E-state index in [1.807, 2.05) is 24.3 Å². The molecule has 0 aliphatic heterocycles. The van der Waals surface area contributed by atoms with Crippen molar-refractivity contribution in [3.8, 4) is 5.75 Å². The second kappa shape index (κ2) is 8.94. The molecule has 1 rings (SSSR count). The van der Waals surface area contributed by atoms with Crippen molar-refractivity contribution < 1.29 is 17.9 Å². The van der Waals surface area contributed by atoms with Gasteiger partial charge in [-0.15, -0.1) is 0 Å². The van der Waals surface area contributed by atoms with Gasteiger partial charge in [0, 0.05) is 31.5 Å². The molecule has 1 aromatic carbocycles. The summed E-state index contributed by atoms with van der Waals surface area (Å²) in [4.78, 5) is 0. The highest BCUT2D eigenvalue weighted by Gasteiger charge is 2.08. The lowest BCUT2D eigenvalue weighted by Gasteiger charge is -2.12. The Morgan fingerprint density at radius 3 is 2.65 bits per heavy atom. The van der Waals surface area contributed by atoms with E-state index in [0.29, 0.717) is 13.2 Å². The average molecular weight is 301 g/mol. The summed E-state index contributed by atoms with van der Waals surface area (Å²) in [6, 6.07) is 7.63. The molecule has 0 bridgehead atoms. The number of methoxy groups -OCH3 is 1. The van der Waals surface area contributed by atoms with Gasteiger partial charge in [0.2, 0.25) is 0 Å². The predicted octanol–water partition coefficient (Wildman–Crippen LogP) is 1.24. The average Bonchev–Trinajstić information content (AvgIpc) is 2.45. The first-order valence-corrected chi connectivity index (χ1v) is 8.52. The van der Waals surface area contributed by atoms with Crippen molar-refractivity contribution in [3.63, 3.8) is 0 Å². The van der Waals surface area contributed by atoms with Crippen molar-refractivity contribution in [2.24, 2.45) is 0 Å². The molecule has 0 atom stereocenters. The molecule has 0 unspecified atom stereocenters. The van der Waals surface area contributed by atoms with Gasteiger partial charge in [-0.1, -0.05) is 25.1 Å². The summed E-state index contributed by atoms with van der Waals surface area (Å²) >= 11 is 0. The van der Waals surface area contributed by atoms with Crippen molar-refractivity contribution in [3.05, 3.63) is 29.8 Å². The Balaban J connectivity index is 2.48. The number of sulfone groups is 1. The number of rotatable bonds is 10. The smallest absolute Gasteiger partial charge is 0.153 e. The van der Waals surface area contributed by atoms with Gasteiger partial charge in [-0.05, 0) is 6.07 Å². The molecule has 0 amide bonds. The molecule has 114 valence electrons. The lowest BCUT2D eigenvalue weighted by atomic mass is 10.2. The van der Waals surface area contributed by atoms with Crippen molar-refractivity contribution >= 4 is 9.84 Å². The molecular formula is C14H23NO4S. The summed E-state index contributed by atoms with van der Waals surface area (Å²) in [5.74, 6) is 0.926. The largest absolute Gasteiger partial charge is 0.492 e. The van der Waals surface area contributed by atoms with E-state index in [1.54, 1.807) is 14.0 Å². The summed E-state index contributed by atoms with van der Waals surface area (Å²) in [5, 5.41) is 3.24. The van der Waals surface area contributed by atoms with Crippen LogP contribution in [0.1, 0.15) is 12.5 Å². The van der Waals surface area contributed by atoms with E-state index in [-0.39, 0.29) is 18.1 Å². The molecule has 6 heteroatoms. The van der Waals surface area contributed by atoms with Crippen LogP contribution in [0.2, 0.25) is 0 Å². The number of nitrogens with one attached hydrogen (secondary N) is 1. The van der Waals surface area contributed by atoms with Gasteiger partial charge in [-0.3, -0.25) is 0 Å². The van der Waals surface area contributed by atoms with Crippen LogP contribution in [0.4, 0.5) is 0 Å². The van der Waals surface area contributed by atoms with E-state index in [4.69, 9.17) is 9.47 Å². The van der Waals surface area contributed by atoms with Crippen LogP contribution >= 0.6 is 0 Å². The maximum absolute atomic E-state index is 11.4. The molecule has 5 nitrogen and oxygen atoms in total. The summed E-state index contributed by atoms with van der Waals surface area (Å²) in [5.41, 5.74) is 1.01. The fourth-order valence-electron chi connectivity index (χ4n) is 1.61. The molecule has 0 aliphatic carbocycles. The molecule has 1 N–H and O–H groups in total. The third-order valence-electron chi connectivity index (χ3n) is 2.86. The summed E-state index contributed by atoms with van der Waals surface area (Å²) in [6.45, 7) is 3.90. The number of benzene rings is 1. The molecule has 0 radical (unpaired) electrons. The minimum Gasteiger partial charge on any atom is -0.492 e. The van der Waals surface area contributed by atoms with E-state index in [9.17, 15) is 8.42 Å². The van der Waals surface area contributed by atoms with Gasteiger partial charge in [0.1, 0.15) is 12.4 Å². The molecule has 0 aliphatic rings. The fraction of sp³-hybridized carbons (Fsp3) is 0.571. The lowest BCUT2D eigenvalue weighted by molar-refractivity contribution is 0.199. The Labute approximate surface area is 121 Å². The lowest BCUT2D eigenvalue weighted by Crippen LogP contribution is -2.20. The second-order valence-electron chi connectivity index (χ2n) is 4.36. The van der Waals surface area contributed by atoms with Crippen LogP contribution in [0.5, 0.6) is 5.75 Å². The summed E-state index contributed by atoms with van der Waals surface area (Å²) < 4.78 is 33.4. The quantitative estimate of drug-likeness (QED) is 0.659. The minimum atomic E-state index is -2.98. The van der Waals surface area contributed by atoms with Crippen molar-refractivity contribution in [1.29, 1.82) is 0 Å². The molecule has 0 saturated carbocycles. The van der Waals surface area contributed by atoms with Gasteiger partial charge in [0.15, 0.2) is 9.84 Å². The molecule has 0 saturated heterocycles. The van der Waals surface area contributed by atoms with Crippen molar-refractivity contribution in [1.82, 2.24) is 5.32 Å². The topological polar surface area (TPSA) is 64.6 Å². The first-order valence-electron chi connectivity index (χ1n) is 6.70. The van der Waals surface area contributed by atoms with Crippen LogP contribution in [-0.2, 0) is 21.1 Å². The SMILES string of the molecule is CCS(=O)(=O)CCOc1ccccc1CNCCOC. The van der Waals surface area contributed by atoms with Gasteiger partial charge >= 0.3 is 0 Å². The van der Waals surface area contributed by atoms with Crippen LogP contribution in [0.3, 0.4) is 0 Å². The maximum Gasteiger partial charge on any atom is 0.153 e. The van der Waals surface area contributed by atoms with E-state index < -0.39 is 9.84 Å². The van der Waals surface area contributed by atoms with Crippen molar-refractivity contribution in [2.45, 2.75) is 13.5 Å². The van der Waals surface area contributed by atoms with E-state index in [0.717, 1.165) is 17.9 Å². The van der Waals surface area contributed by atoms with Gasteiger partial charge in [0.05, 0.1) is 12.4 Å². The zero-order valence-electron chi connectivity index (χ0n) is 12.1. The van der Waals surface area contributed by atoms with E-state index >= 15 is 0 Å². The first kappa shape index (κ1) is 16.9. The first-order chi connectivity index (χ1) is 9.59. The number of para-hydroxylation sites is 1. The van der Waals surface area contributed by atoms with Crippen LogP contribution in [0.25, 0.3) is 0 Å². The highest BCUT2D eigenvalue weighted by atomic mass is 32.2. The standard InChI is InChI=1S/C14H23NO4S/c1-3-20(16,17)11-10-19-14-7-5-4-6-13(14)12-15-8-9-18-2/h4-7,15H,3,8-12H2,1-2H3. The monoisotopic (exact) mass is 301 g/mol. The van der Waals surface area contributed by atoms with Crippen LogP contribution in [-0.4, -0.2) is 46.8 Å². The molecule has 0 spiro atoms. The molecular weight excluding hydrogens is 278 g/mol. The van der Waals surface area contributed by atoms with E-state index in [2.05, 4.69) is 5.32 Å². The number of hydrogen-bond donors (Lipinski definition) is 1. The van der Waals surface area contributed by atoms with Crippen LogP contribution in [0, 0.1) is 0 Å². The fourth-order valence-corrected chi connectivity index (χ4v) is 2.24.